The number of ether oxygens (including phenoxy) is 1. The van der Waals surface area contributed by atoms with Crippen LogP contribution in [0.4, 0.5) is 0 Å². The number of rotatable bonds is 6. The fourth-order valence-electron chi connectivity index (χ4n) is 1.49. The second-order valence-electron chi connectivity index (χ2n) is 4.09. The van der Waals surface area contributed by atoms with E-state index in [1.54, 1.807) is 0 Å². The Morgan fingerprint density at radius 1 is 1.25 bits per heavy atom. The van der Waals surface area contributed by atoms with Gasteiger partial charge >= 0.3 is 0 Å². The highest BCUT2D eigenvalue weighted by Crippen LogP contribution is 2.17. The van der Waals surface area contributed by atoms with Gasteiger partial charge in [0.25, 0.3) is 0 Å². The van der Waals surface area contributed by atoms with Gasteiger partial charge in [0.15, 0.2) is 0 Å². The van der Waals surface area contributed by atoms with Gasteiger partial charge in [-0.25, -0.2) is 0 Å². The Kier molecular flexibility index (Phi) is 5.71. The van der Waals surface area contributed by atoms with Gasteiger partial charge < -0.3 is 10.5 Å². The Morgan fingerprint density at radius 2 is 1.88 bits per heavy atom. The topological polar surface area (TPSA) is 35.2 Å². The number of aryl methyl sites for hydroxylation is 2. The molecule has 0 saturated carbocycles. The lowest BCUT2D eigenvalue weighted by Crippen LogP contribution is -2.14. The van der Waals surface area contributed by atoms with Crippen molar-refractivity contribution in [2.75, 3.05) is 18.9 Å². The molecule has 0 aliphatic heterocycles. The first kappa shape index (κ1) is 13.4. The van der Waals surface area contributed by atoms with E-state index in [4.69, 9.17) is 10.5 Å². The van der Waals surface area contributed by atoms with Crippen molar-refractivity contribution in [1.29, 1.82) is 0 Å². The molecule has 0 radical (unpaired) electrons. The lowest BCUT2D eigenvalue weighted by Gasteiger charge is -2.10. The van der Waals surface area contributed by atoms with Crippen molar-refractivity contribution in [3.63, 3.8) is 0 Å². The van der Waals surface area contributed by atoms with Crippen LogP contribution in [0.3, 0.4) is 0 Å². The van der Waals surface area contributed by atoms with Crippen molar-refractivity contribution < 1.29 is 4.74 Å². The summed E-state index contributed by atoms with van der Waals surface area (Å²) in [6, 6.07) is 6.30. The fourth-order valence-corrected chi connectivity index (χ4v) is 2.21. The first-order valence-electron chi connectivity index (χ1n) is 5.64. The molecule has 0 aromatic heterocycles. The summed E-state index contributed by atoms with van der Waals surface area (Å²) in [7, 11) is 0. The maximum absolute atomic E-state index is 5.70. The van der Waals surface area contributed by atoms with E-state index in [-0.39, 0.29) is 0 Å². The molecule has 0 saturated heterocycles. The number of hydrogen-bond donors (Lipinski definition) is 1. The molecule has 0 spiro atoms. The summed E-state index contributed by atoms with van der Waals surface area (Å²) in [5, 5.41) is 0.517. The standard InChI is InChI=1S/C13H21NOS/c1-10-6-11(2)8-13(7-10)15-4-5-16-12(3)9-14/h6-8,12H,4-5,9,14H2,1-3H3. The molecular formula is C13H21NOS. The predicted octanol–water partition coefficient (Wildman–Crippen LogP) is 2.76. The Morgan fingerprint density at radius 3 is 2.44 bits per heavy atom. The Bertz CT molecular complexity index is 307. The Hall–Kier alpha value is -0.670. The number of hydrogen-bond acceptors (Lipinski definition) is 3. The Labute approximate surface area is 103 Å². The molecule has 0 bridgehead atoms. The van der Waals surface area contributed by atoms with Gasteiger partial charge in [0, 0.05) is 17.5 Å². The number of nitrogens with two attached hydrogens (primary N) is 1. The summed E-state index contributed by atoms with van der Waals surface area (Å²) in [4.78, 5) is 0. The van der Waals surface area contributed by atoms with E-state index < -0.39 is 0 Å². The minimum atomic E-state index is 0.517. The van der Waals surface area contributed by atoms with Gasteiger partial charge in [0.2, 0.25) is 0 Å². The van der Waals surface area contributed by atoms with E-state index in [1.165, 1.54) is 11.1 Å². The van der Waals surface area contributed by atoms with E-state index in [0.29, 0.717) is 5.25 Å². The summed E-state index contributed by atoms with van der Waals surface area (Å²) >= 11 is 1.85. The molecule has 0 aliphatic carbocycles. The first-order valence-corrected chi connectivity index (χ1v) is 6.69. The van der Waals surface area contributed by atoms with E-state index in [1.807, 2.05) is 11.8 Å². The summed E-state index contributed by atoms with van der Waals surface area (Å²) in [6.45, 7) is 7.80. The SMILES string of the molecule is Cc1cc(C)cc(OCCSC(C)CN)c1. The normalized spacial score (nSPS) is 12.5. The van der Waals surface area contributed by atoms with Gasteiger partial charge in [-0.3, -0.25) is 0 Å². The molecule has 0 aliphatic rings. The molecule has 0 amide bonds. The fraction of sp³-hybridized carbons (Fsp3) is 0.538. The Balaban J connectivity index is 2.32. The highest BCUT2D eigenvalue weighted by molar-refractivity contribution is 7.99. The van der Waals surface area contributed by atoms with Crippen LogP contribution in [0.15, 0.2) is 18.2 Å². The number of benzene rings is 1. The molecule has 2 N–H and O–H groups in total. The van der Waals surface area contributed by atoms with Crippen LogP contribution >= 0.6 is 11.8 Å². The summed E-state index contributed by atoms with van der Waals surface area (Å²) in [5.74, 6) is 1.96. The quantitative estimate of drug-likeness (QED) is 0.775. The molecule has 2 nitrogen and oxygen atoms in total. The van der Waals surface area contributed by atoms with Gasteiger partial charge in [-0.15, -0.1) is 0 Å². The van der Waals surface area contributed by atoms with E-state index in [0.717, 1.165) is 24.7 Å². The zero-order valence-electron chi connectivity index (χ0n) is 10.3. The van der Waals surface area contributed by atoms with Crippen molar-refractivity contribution in [3.8, 4) is 5.75 Å². The summed E-state index contributed by atoms with van der Waals surface area (Å²) < 4.78 is 5.70. The minimum absolute atomic E-state index is 0.517. The predicted molar refractivity (Wildman–Crippen MR) is 72.4 cm³/mol. The van der Waals surface area contributed by atoms with Crippen LogP contribution in [0, 0.1) is 13.8 Å². The molecule has 1 rings (SSSR count). The van der Waals surface area contributed by atoms with E-state index in [2.05, 4.69) is 39.0 Å². The average molecular weight is 239 g/mol. The van der Waals surface area contributed by atoms with Gasteiger partial charge in [0.05, 0.1) is 6.61 Å². The van der Waals surface area contributed by atoms with Gasteiger partial charge in [-0.05, 0) is 37.1 Å². The molecule has 1 atom stereocenters. The smallest absolute Gasteiger partial charge is 0.119 e. The van der Waals surface area contributed by atoms with E-state index in [9.17, 15) is 0 Å². The van der Waals surface area contributed by atoms with Crippen LogP contribution in [0.25, 0.3) is 0 Å². The van der Waals surface area contributed by atoms with Crippen LogP contribution in [-0.4, -0.2) is 24.2 Å². The third-order valence-electron chi connectivity index (χ3n) is 2.28. The number of thioether (sulfide) groups is 1. The van der Waals surface area contributed by atoms with Gasteiger partial charge in [-0.1, -0.05) is 13.0 Å². The lowest BCUT2D eigenvalue weighted by atomic mass is 10.1. The van der Waals surface area contributed by atoms with Crippen molar-refractivity contribution in [2.45, 2.75) is 26.0 Å². The molecular weight excluding hydrogens is 218 g/mol. The first-order chi connectivity index (χ1) is 7.61. The van der Waals surface area contributed by atoms with E-state index >= 15 is 0 Å². The minimum Gasteiger partial charge on any atom is -0.493 e. The van der Waals surface area contributed by atoms with Crippen LogP contribution in [0.5, 0.6) is 5.75 Å². The molecule has 1 unspecified atom stereocenters. The second-order valence-corrected chi connectivity index (χ2v) is 5.64. The third-order valence-corrected chi connectivity index (χ3v) is 3.45. The van der Waals surface area contributed by atoms with Crippen LogP contribution in [-0.2, 0) is 0 Å². The lowest BCUT2D eigenvalue weighted by molar-refractivity contribution is 0.343. The highest BCUT2D eigenvalue weighted by Gasteiger charge is 2.00. The molecule has 0 fully saturated rings. The van der Waals surface area contributed by atoms with Crippen LogP contribution < -0.4 is 10.5 Å². The summed E-state index contributed by atoms with van der Waals surface area (Å²) in [5.41, 5.74) is 8.04. The van der Waals surface area contributed by atoms with Crippen molar-refractivity contribution in [3.05, 3.63) is 29.3 Å². The zero-order chi connectivity index (χ0) is 12.0. The van der Waals surface area contributed by atoms with Crippen molar-refractivity contribution in [2.24, 2.45) is 5.73 Å². The van der Waals surface area contributed by atoms with Crippen LogP contribution in [0.1, 0.15) is 18.1 Å². The van der Waals surface area contributed by atoms with Crippen molar-refractivity contribution in [1.82, 2.24) is 0 Å². The average Bonchev–Trinajstić information content (AvgIpc) is 2.22. The van der Waals surface area contributed by atoms with Crippen LogP contribution in [0.2, 0.25) is 0 Å². The maximum atomic E-state index is 5.70. The maximum Gasteiger partial charge on any atom is 0.119 e. The van der Waals surface area contributed by atoms with Gasteiger partial charge in [-0.2, -0.15) is 11.8 Å². The second kappa shape index (κ2) is 6.81. The molecule has 1 aromatic rings. The zero-order valence-corrected chi connectivity index (χ0v) is 11.1. The molecule has 0 heterocycles. The highest BCUT2D eigenvalue weighted by atomic mass is 32.2. The molecule has 1 aromatic carbocycles. The third kappa shape index (κ3) is 4.90. The molecule has 16 heavy (non-hydrogen) atoms. The molecule has 90 valence electrons. The summed E-state index contributed by atoms with van der Waals surface area (Å²) in [6.07, 6.45) is 0. The monoisotopic (exact) mass is 239 g/mol. The largest absolute Gasteiger partial charge is 0.493 e. The van der Waals surface area contributed by atoms with Crippen molar-refractivity contribution >= 4 is 11.8 Å². The molecule has 3 heteroatoms. The van der Waals surface area contributed by atoms with Gasteiger partial charge in [0.1, 0.15) is 5.75 Å².